The summed E-state index contributed by atoms with van der Waals surface area (Å²) in [5, 5.41) is 11.1. The van der Waals surface area contributed by atoms with E-state index in [1.165, 1.54) is 23.3 Å². The van der Waals surface area contributed by atoms with E-state index in [1.54, 1.807) is 41.3 Å². The van der Waals surface area contributed by atoms with Crippen LogP contribution >= 0.6 is 0 Å². The van der Waals surface area contributed by atoms with Crippen molar-refractivity contribution in [2.24, 2.45) is 0 Å². The minimum Gasteiger partial charge on any atom is -0.491 e. The molecule has 2 heterocycles. The Kier molecular flexibility index (Phi) is 7.17. The summed E-state index contributed by atoms with van der Waals surface area (Å²) in [5.41, 5.74) is 1.54. The van der Waals surface area contributed by atoms with Crippen LogP contribution in [0.1, 0.15) is 28.3 Å². The number of carbonyl (C=O) groups is 1. The molecule has 34 heavy (non-hydrogen) atoms. The maximum Gasteiger partial charge on any atom is 0.264 e. The molecule has 0 aliphatic carbocycles. The normalized spacial score (nSPS) is 17.0. The molecule has 2 atom stereocenters. The van der Waals surface area contributed by atoms with Gasteiger partial charge >= 0.3 is 0 Å². The Morgan fingerprint density at radius 3 is 2.56 bits per heavy atom. The predicted molar refractivity (Wildman–Crippen MR) is 119 cm³/mol. The van der Waals surface area contributed by atoms with Crippen LogP contribution < -0.4 is 4.74 Å². The van der Waals surface area contributed by atoms with E-state index >= 15 is 0 Å². The average Bonchev–Trinajstić information content (AvgIpc) is 3.49. The van der Waals surface area contributed by atoms with Crippen molar-refractivity contribution < 1.29 is 26.5 Å². The molecule has 1 amide bonds. The third-order valence-corrected chi connectivity index (χ3v) is 6.05. The van der Waals surface area contributed by atoms with Crippen molar-refractivity contribution in [2.75, 3.05) is 26.0 Å². The number of amides is 1. The zero-order chi connectivity index (χ0) is 24.1. The Balaban J connectivity index is 1.33. The van der Waals surface area contributed by atoms with E-state index in [1.807, 2.05) is 0 Å². The Bertz CT molecular complexity index is 1200. The molecule has 12 heteroatoms. The number of aromatic nitrogens is 4. The number of rotatable bonds is 9. The van der Waals surface area contributed by atoms with Gasteiger partial charge in [-0.2, -0.15) is 13.2 Å². The molecule has 3 aromatic rings. The summed E-state index contributed by atoms with van der Waals surface area (Å²) in [7, 11) is -3.72. The van der Waals surface area contributed by atoms with Crippen LogP contribution in [0.5, 0.6) is 5.75 Å². The number of tetrazole rings is 1. The van der Waals surface area contributed by atoms with Gasteiger partial charge < -0.3 is 9.64 Å². The molecule has 0 radical (unpaired) electrons. The highest BCUT2D eigenvalue weighted by atomic mass is 32.2. The largest absolute Gasteiger partial charge is 0.491 e. The van der Waals surface area contributed by atoms with Gasteiger partial charge in [-0.1, -0.05) is 12.1 Å². The van der Waals surface area contributed by atoms with Gasteiger partial charge in [0.1, 0.15) is 24.3 Å². The van der Waals surface area contributed by atoms with Gasteiger partial charge in [-0.15, -0.1) is 10.2 Å². The molecule has 180 valence electrons. The Hall–Kier alpha value is -3.38. The molecule has 1 fully saturated rings. The summed E-state index contributed by atoms with van der Waals surface area (Å²) >= 11 is 0. The van der Waals surface area contributed by atoms with E-state index in [0.29, 0.717) is 24.4 Å². The lowest BCUT2D eigenvalue weighted by Crippen LogP contribution is -2.30. The number of nitrogens with zero attached hydrogens (tertiary/aromatic N) is 5. The molecule has 2 aromatic carbocycles. The van der Waals surface area contributed by atoms with Crippen LogP contribution in [0.25, 0.3) is 0 Å². The summed E-state index contributed by atoms with van der Waals surface area (Å²) < 4.78 is 47.0. The zero-order valence-corrected chi connectivity index (χ0v) is 19.3. The number of ether oxygens (including phenoxy) is 1. The molecule has 10 nitrogen and oxygen atoms in total. The highest BCUT2D eigenvalue weighted by Gasteiger charge is 2.28. The first-order valence-electron chi connectivity index (χ1n) is 10.6. The Morgan fingerprint density at radius 2 is 1.91 bits per heavy atom. The van der Waals surface area contributed by atoms with Crippen molar-refractivity contribution in [2.45, 2.75) is 25.0 Å². The number of likely N-dealkylation sites (tertiary alicyclic amines) is 1. The van der Waals surface area contributed by atoms with Crippen molar-refractivity contribution in [3.8, 4) is 5.75 Å². The molecule has 1 aliphatic heterocycles. The van der Waals surface area contributed by atoms with E-state index in [-0.39, 0.29) is 30.8 Å². The van der Waals surface area contributed by atoms with Gasteiger partial charge in [0, 0.05) is 24.6 Å². The first-order valence-corrected chi connectivity index (χ1v) is 12.4. The first kappa shape index (κ1) is 23.8. The second-order valence-electron chi connectivity index (χ2n) is 8.04. The van der Waals surface area contributed by atoms with Gasteiger partial charge in [-0.3, -0.25) is 8.98 Å². The molecule has 0 bridgehead atoms. The molecule has 1 saturated heterocycles. The van der Waals surface area contributed by atoms with Gasteiger partial charge in [-0.25, -0.2) is 4.39 Å². The van der Waals surface area contributed by atoms with Gasteiger partial charge in [0.25, 0.3) is 16.0 Å². The fourth-order valence-electron chi connectivity index (χ4n) is 3.83. The van der Waals surface area contributed by atoms with Gasteiger partial charge in [0.2, 0.25) is 0 Å². The summed E-state index contributed by atoms with van der Waals surface area (Å²) in [5.74, 6) is 0.266. The maximum absolute atomic E-state index is 13.2. The van der Waals surface area contributed by atoms with E-state index in [9.17, 15) is 17.6 Å². The molecule has 0 N–H and O–H groups in total. The fourth-order valence-corrected chi connectivity index (χ4v) is 4.44. The second-order valence-corrected chi connectivity index (χ2v) is 9.64. The topological polar surface area (TPSA) is 117 Å². The molecule has 1 aromatic heterocycles. The van der Waals surface area contributed by atoms with E-state index in [2.05, 4.69) is 15.4 Å². The van der Waals surface area contributed by atoms with Gasteiger partial charge in [0.15, 0.2) is 6.33 Å². The molecule has 2 unspecified atom stereocenters. The standard InChI is InChI=1S/C22H24FN5O5S/c1-34(30,31)33-21(13-28-25-15-24-26-28)14-32-20-8-4-17(5-9-20)22(29)27-11-10-18(12-27)16-2-6-19(23)7-3-16/h2-9,15,18,21H,10-14H2,1H3. The highest BCUT2D eigenvalue weighted by Crippen LogP contribution is 2.28. The van der Waals surface area contributed by atoms with E-state index < -0.39 is 16.2 Å². The van der Waals surface area contributed by atoms with Crippen LogP contribution in [-0.4, -0.2) is 71.5 Å². The fraction of sp³-hybridized carbons (Fsp3) is 0.364. The maximum atomic E-state index is 13.2. The van der Waals surface area contributed by atoms with Crippen molar-refractivity contribution in [1.29, 1.82) is 0 Å². The van der Waals surface area contributed by atoms with E-state index in [4.69, 9.17) is 8.92 Å². The third kappa shape index (κ3) is 6.35. The van der Waals surface area contributed by atoms with Crippen molar-refractivity contribution in [1.82, 2.24) is 25.1 Å². The lowest BCUT2D eigenvalue weighted by atomic mass is 9.99. The summed E-state index contributed by atoms with van der Waals surface area (Å²) in [6.45, 7) is 1.16. The average molecular weight is 490 g/mol. The summed E-state index contributed by atoms with van der Waals surface area (Å²) in [4.78, 5) is 15.9. The summed E-state index contributed by atoms with van der Waals surface area (Å²) in [6, 6.07) is 13.0. The van der Waals surface area contributed by atoms with Crippen molar-refractivity contribution in [3.63, 3.8) is 0 Å². The van der Waals surface area contributed by atoms with Crippen LogP contribution in [0.4, 0.5) is 4.39 Å². The zero-order valence-electron chi connectivity index (χ0n) is 18.4. The van der Waals surface area contributed by atoms with Crippen LogP contribution in [0.2, 0.25) is 0 Å². The highest BCUT2D eigenvalue weighted by molar-refractivity contribution is 7.86. The second kappa shape index (κ2) is 10.3. The van der Waals surface area contributed by atoms with Crippen LogP contribution in [-0.2, 0) is 20.8 Å². The van der Waals surface area contributed by atoms with E-state index in [0.717, 1.165) is 18.2 Å². The third-order valence-electron chi connectivity index (χ3n) is 5.42. The lowest BCUT2D eigenvalue weighted by molar-refractivity contribution is 0.0790. The van der Waals surface area contributed by atoms with Gasteiger partial charge in [-0.05, 0) is 53.6 Å². The molecule has 1 aliphatic rings. The number of benzene rings is 2. The minimum atomic E-state index is -3.72. The molecular weight excluding hydrogens is 465 g/mol. The monoisotopic (exact) mass is 489 g/mol. The quantitative estimate of drug-likeness (QED) is 0.418. The smallest absolute Gasteiger partial charge is 0.264 e. The molecular formula is C22H24FN5O5S. The van der Waals surface area contributed by atoms with Crippen LogP contribution in [0.15, 0.2) is 54.9 Å². The van der Waals surface area contributed by atoms with Gasteiger partial charge in [0.05, 0.1) is 12.8 Å². The van der Waals surface area contributed by atoms with Crippen molar-refractivity contribution in [3.05, 3.63) is 71.8 Å². The first-order chi connectivity index (χ1) is 16.3. The number of hydrogen-bond donors (Lipinski definition) is 0. The molecule has 4 rings (SSSR count). The Labute approximate surface area is 196 Å². The predicted octanol–water partition coefficient (Wildman–Crippen LogP) is 1.87. The Morgan fingerprint density at radius 1 is 1.18 bits per heavy atom. The number of halogens is 1. The number of carbonyl (C=O) groups excluding carboxylic acids is 1. The SMILES string of the molecule is CS(=O)(=O)OC(COc1ccc(C(=O)N2CCC(c3ccc(F)cc3)C2)cc1)Cn1ncnn1. The number of hydrogen-bond acceptors (Lipinski definition) is 8. The minimum absolute atomic E-state index is 0.0355. The van der Waals surface area contributed by atoms with Crippen LogP contribution in [0, 0.1) is 5.82 Å². The van der Waals surface area contributed by atoms with Crippen molar-refractivity contribution >= 4 is 16.0 Å². The summed E-state index contributed by atoms with van der Waals surface area (Å²) in [6.07, 6.45) is 2.14. The lowest BCUT2D eigenvalue weighted by Gasteiger charge is -2.18. The van der Waals surface area contributed by atoms with Crippen LogP contribution in [0.3, 0.4) is 0 Å². The molecule has 0 spiro atoms. The molecule has 0 saturated carbocycles.